The standard InChI is InChI=1S/C92H122Br2S2/c1-5-9-13-17-21-25-29-33-37-41-45-71-49-57-75(58-50-71)91(76-59-51-72(52-60-76)46-42-38-34-30-26-22-18-14-10-6-2)83-68-66-79(93)69-82(83)88-86(91)90-89(96-88)85-87(95-90)81-67-65-80(94)70-84(81)92(85,77-61-53-73(54-62-77)47-43-39-35-31-27-23-19-15-11-7-3)78-63-55-74(56-64-78)48-44-40-36-32-28-24-20-16-12-8-4/h49-70H,5-48H2,1-4H3. The molecule has 6 aromatic carbocycles. The van der Waals surface area contributed by atoms with Crippen molar-refractivity contribution >= 4 is 63.9 Å². The van der Waals surface area contributed by atoms with Crippen LogP contribution in [0, 0.1) is 0 Å². The Hall–Kier alpha value is -4.06. The molecule has 0 unspecified atom stereocenters. The van der Waals surface area contributed by atoms with Gasteiger partial charge in [-0.2, -0.15) is 0 Å². The number of halogens is 2. The molecule has 0 fully saturated rings. The van der Waals surface area contributed by atoms with Crippen molar-refractivity contribution in [1.82, 2.24) is 0 Å². The van der Waals surface area contributed by atoms with E-state index in [0.29, 0.717) is 0 Å². The summed E-state index contributed by atoms with van der Waals surface area (Å²) >= 11 is 12.4. The van der Waals surface area contributed by atoms with Gasteiger partial charge >= 0.3 is 0 Å². The third-order valence-corrected chi connectivity index (χ3v) is 26.0. The van der Waals surface area contributed by atoms with Crippen molar-refractivity contribution in [3.63, 3.8) is 0 Å². The number of unbranched alkanes of at least 4 members (excludes halogenated alkanes) is 36. The molecular weight excluding hydrogens is 1330 g/mol. The summed E-state index contributed by atoms with van der Waals surface area (Å²) < 4.78 is 5.21. The van der Waals surface area contributed by atoms with Crippen LogP contribution in [0.15, 0.2) is 142 Å². The van der Waals surface area contributed by atoms with Crippen molar-refractivity contribution in [3.8, 4) is 20.9 Å². The summed E-state index contributed by atoms with van der Waals surface area (Å²) in [6.07, 6.45) is 59.2. The van der Waals surface area contributed by atoms with Crippen molar-refractivity contribution in [1.29, 1.82) is 0 Å². The summed E-state index contributed by atoms with van der Waals surface area (Å²) in [7, 11) is 0. The molecular formula is C92H122Br2S2. The zero-order valence-corrected chi connectivity index (χ0v) is 65.2. The minimum absolute atomic E-state index is 0.509. The lowest BCUT2D eigenvalue weighted by atomic mass is 9.66. The van der Waals surface area contributed by atoms with E-state index >= 15 is 0 Å². The number of rotatable bonds is 48. The number of hydrogen-bond acceptors (Lipinski definition) is 2. The van der Waals surface area contributed by atoms with Crippen LogP contribution in [0.3, 0.4) is 0 Å². The zero-order valence-electron chi connectivity index (χ0n) is 60.4. The molecule has 2 aromatic heterocycles. The fourth-order valence-corrected chi connectivity index (χ4v) is 20.7. The third kappa shape index (κ3) is 18.9. The summed E-state index contributed by atoms with van der Waals surface area (Å²) in [5, 5.41) is 0. The predicted octanol–water partition coefficient (Wildman–Crippen LogP) is 31.1. The Morgan fingerprint density at radius 3 is 0.802 bits per heavy atom. The van der Waals surface area contributed by atoms with Crippen molar-refractivity contribution in [2.24, 2.45) is 0 Å². The van der Waals surface area contributed by atoms with E-state index in [1.807, 2.05) is 0 Å². The van der Waals surface area contributed by atoms with Crippen LogP contribution in [0.25, 0.3) is 30.3 Å². The van der Waals surface area contributed by atoms with Crippen LogP contribution < -0.4 is 0 Å². The highest BCUT2D eigenvalue weighted by Crippen LogP contribution is 2.68. The summed E-state index contributed by atoms with van der Waals surface area (Å²) in [5.41, 5.74) is 18.9. The van der Waals surface area contributed by atoms with Crippen molar-refractivity contribution < 1.29 is 0 Å². The molecule has 4 heteroatoms. The lowest BCUT2D eigenvalue weighted by Crippen LogP contribution is -2.29. The second-order valence-corrected chi connectivity index (χ2v) is 33.5. The van der Waals surface area contributed by atoms with Gasteiger partial charge in [0, 0.05) is 29.8 Å². The summed E-state index contributed by atoms with van der Waals surface area (Å²) in [6.45, 7) is 9.28. The van der Waals surface area contributed by atoms with Crippen LogP contribution in [-0.2, 0) is 36.5 Å². The molecule has 2 aliphatic rings. The van der Waals surface area contributed by atoms with Crippen LogP contribution >= 0.6 is 54.5 Å². The molecule has 0 aliphatic heterocycles. The zero-order chi connectivity index (χ0) is 66.6. The summed E-state index contributed by atoms with van der Waals surface area (Å²) in [6, 6.07) is 55.1. The molecule has 0 saturated heterocycles. The van der Waals surface area contributed by atoms with Gasteiger partial charge in [0.1, 0.15) is 0 Å². The van der Waals surface area contributed by atoms with Crippen LogP contribution in [0.5, 0.6) is 0 Å². The Morgan fingerprint density at radius 2 is 0.500 bits per heavy atom. The minimum atomic E-state index is -0.522. The van der Waals surface area contributed by atoms with Gasteiger partial charge in [-0.15, -0.1) is 22.7 Å². The van der Waals surface area contributed by atoms with E-state index in [0.717, 1.165) is 34.6 Å². The molecule has 0 amide bonds. The number of hydrogen-bond donors (Lipinski definition) is 0. The number of benzene rings is 6. The molecule has 0 nitrogen and oxygen atoms in total. The average molecular weight is 1450 g/mol. The van der Waals surface area contributed by atoms with Crippen LogP contribution in [0.4, 0.5) is 0 Å². The first-order valence-corrected chi connectivity index (χ1v) is 43.2. The highest BCUT2D eigenvalue weighted by atomic mass is 79.9. The SMILES string of the molecule is CCCCCCCCCCCCc1ccc(C2(c3ccc(CCCCCCCCCCCC)cc3)c3ccc(Br)cc3-c3sc4c5c(sc4c32)-c2ccc(Br)cc2C5(c2ccc(CCCCCCCCCCCC)cc2)c2ccc(CCCCCCCCCCCC)cc2)cc1. The maximum absolute atomic E-state index is 4.11. The Labute approximate surface area is 610 Å². The number of fused-ring (bicyclic) bond motifs is 9. The second kappa shape index (κ2) is 39.8. The molecule has 0 bridgehead atoms. The van der Waals surface area contributed by atoms with Gasteiger partial charge in [-0.3, -0.25) is 0 Å². The van der Waals surface area contributed by atoms with Gasteiger partial charge in [-0.25, -0.2) is 0 Å². The van der Waals surface area contributed by atoms with Gasteiger partial charge in [-0.05, 0) is 142 Å². The maximum Gasteiger partial charge on any atom is 0.0736 e. The molecule has 0 saturated carbocycles. The number of thiophene rings is 2. The lowest BCUT2D eigenvalue weighted by Gasteiger charge is -2.34. The lowest BCUT2D eigenvalue weighted by molar-refractivity contribution is 0.556. The molecule has 2 aliphatic carbocycles. The largest absolute Gasteiger partial charge is 0.134 e. The topological polar surface area (TPSA) is 0 Å². The fourth-order valence-electron chi connectivity index (χ4n) is 16.8. The Kier molecular flexibility index (Phi) is 30.9. The molecule has 10 rings (SSSR count). The molecule has 96 heavy (non-hydrogen) atoms. The summed E-state index contributed by atoms with van der Waals surface area (Å²) in [5.74, 6) is 0. The van der Waals surface area contributed by atoms with Crippen molar-refractivity contribution in [2.45, 2.75) is 321 Å². The van der Waals surface area contributed by atoms with Gasteiger partial charge in [0.25, 0.3) is 0 Å². The highest BCUT2D eigenvalue weighted by Gasteiger charge is 2.54. The number of aryl methyl sites for hydroxylation is 4. The third-order valence-electron chi connectivity index (χ3n) is 22.4. The normalized spacial score (nSPS) is 13.4. The Morgan fingerprint density at radius 1 is 0.250 bits per heavy atom. The van der Waals surface area contributed by atoms with Gasteiger partial charge in [0.2, 0.25) is 0 Å². The molecule has 0 atom stereocenters. The molecule has 2 heterocycles. The second-order valence-electron chi connectivity index (χ2n) is 29.7. The molecule has 8 aromatic rings. The molecule has 516 valence electrons. The van der Waals surface area contributed by atoms with Gasteiger partial charge in [-0.1, -0.05) is 400 Å². The molecule has 0 spiro atoms. The molecule has 0 N–H and O–H groups in total. The van der Waals surface area contributed by atoms with Crippen molar-refractivity contribution in [3.05, 3.63) is 209 Å². The van der Waals surface area contributed by atoms with Crippen molar-refractivity contribution in [2.75, 3.05) is 0 Å². The minimum Gasteiger partial charge on any atom is -0.134 e. The molecule has 0 radical (unpaired) electrons. The van der Waals surface area contributed by atoms with E-state index in [9.17, 15) is 0 Å². The maximum atomic E-state index is 4.11. The monoisotopic (exact) mass is 1450 g/mol. The van der Waals surface area contributed by atoms with Crippen LogP contribution in [0.1, 0.15) is 351 Å². The van der Waals surface area contributed by atoms with Crippen LogP contribution in [-0.4, -0.2) is 0 Å². The quantitative estimate of drug-likeness (QED) is 0.0334. The van der Waals surface area contributed by atoms with E-state index in [4.69, 9.17) is 0 Å². The van der Waals surface area contributed by atoms with E-state index in [1.165, 1.54) is 354 Å². The summed E-state index contributed by atoms with van der Waals surface area (Å²) in [4.78, 5) is 2.87. The fraction of sp³-hybridized carbons (Fsp3) is 0.543. The first-order valence-electron chi connectivity index (χ1n) is 39.9. The first kappa shape index (κ1) is 74.6. The Bertz CT molecular complexity index is 3390. The first-order chi connectivity index (χ1) is 47.4. The van der Waals surface area contributed by atoms with E-state index < -0.39 is 10.8 Å². The predicted molar refractivity (Wildman–Crippen MR) is 432 cm³/mol. The van der Waals surface area contributed by atoms with E-state index in [2.05, 4.69) is 216 Å². The van der Waals surface area contributed by atoms with Crippen LogP contribution in [0.2, 0.25) is 0 Å². The van der Waals surface area contributed by atoms with Gasteiger partial charge in [0.15, 0.2) is 0 Å². The van der Waals surface area contributed by atoms with E-state index in [-0.39, 0.29) is 0 Å². The van der Waals surface area contributed by atoms with E-state index in [1.54, 1.807) is 0 Å². The average Bonchev–Trinajstić information content (AvgIpc) is 1.49. The van der Waals surface area contributed by atoms with Gasteiger partial charge < -0.3 is 0 Å². The highest BCUT2D eigenvalue weighted by molar-refractivity contribution is 9.10. The van der Waals surface area contributed by atoms with Gasteiger partial charge in [0.05, 0.1) is 20.2 Å². The Balaban J connectivity index is 1.02. The smallest absolute Gasteiger partial charge is 0.0736 e.